The highest BCUT2D eigenvalue weighted by atomic mass is 35.5. The van der Waals surface area contributed by atoms with Crippen molar-refractivity contribution in [3.8, 4) is 0 Å². The Kier molecular flexibility index (Phi) is 11.0. The molecule has 0 saturated carbocycles. The van der Waals surface area contributed by atoms with Crippen LogP contribution in [-0.4, -0.2) is 24.5 Å². The van der Waals surface area contributed by atoms with Crippen LogP contribution >= 0.6 is 12.4 Å². The van der Waals surface area contributed by atoms with Crippen molar-refractivity contribution in [2.45, 2.75) is 52.9 Å². The zero-order valence-corrected chi connectivity index (χ0v) is 13.6. The zero-order chi connectivity index (χ0) is 13.2. The third kappa shape index (κ3) is 8.28. The number of hydrogen-bond donors (Lipinski definition) is 0. The van der Waals surface area contributed by atoms with Crippen molar-refractivity contribution in [1.82, 2.24) is 4.90 Å². The number of aryl methyl sites for hydroxylation is 1. The summed E-state index contributed by atoms with van der Waals surface area (Å²) < 4.78 is 0. The van der Waals surface area contributed by atoms with Gasteiger partial charge in [-0.15, -0.1) is 12.4 Å². The van der Waals surface area contributed by atoms with Gasteiger partial charge in [-0.1, -0.05) is 56.5 Å². The molecule has 1 nitrogen and oxygen atoms in total. The smallest absolute Gasteiger partial charge is 0.00218 e. The van der Waals surface area contributed by atoms with Crippen LogP contribution in [0, 0.1) is 6.92 Å². The number of benzene rings is 1. The molecule has 0 radical (unpaired) electrons. The maximum absolute atomic E-state index is 2.63. The van der Waals surface area contributed by atoms with Crippen LogP contribution in [0.2, 0.25) is 0 Å². The van der Waals surface area contributed by atoms with Gasteiger partial charge in [-0.2, -0.15) is 0 Å². The minimum atomic E-state index is 0. The van der Waals surface area contributed by atoms with E-state index in [2.05, 4.69) is 49.9 Å². The first kappa shape index (κ1) is 18.5. The topological polar surface area (TPSA) is 3.24 Å². The van der Waals surface area contributed by atoms with Gasteiger partial charge in [0.05, 0.1) is 0 Å². The summed E-state index contributed by atoms with van der Waals surface area (Å²) in [5.74, 6) is 0. The molecule has 0 N–H and O–H groups in total. The molecular formula is C17H30ClN. The number of nitrogens with zero attached hydrogens (tertiary/aromatic N) is 1. The summed E-state index contributed by atoms with van der Waals surface area (Å²) in [6.45, 7) is 10.4. The Labute approximate surface area is 125 Å². The summed E-state index contributed by atoms with van der Waals surface area (Å²) in [7, 11) is 0. The molecule has 19 heavy (non-hydrogen) atoms. The lowest BCUT2D eigenvalue weighted by Gasteiger charge is -2.21. The van der Waals surface area contributed by atoms with Gasteiger partial charge in [-0.3, -0.25) is 0 Å². The predicted octanol–water partition coefficient (Wildman–Crippen LogP) is 4.86. The number of hydrogen-bond acceptors (Lipinski definition) is 1. The summed E-state index contributed by atoms with van der Waals surface area (Å²) in [5.41, 5.74) is 2.83. The van der Waals surface area contributed by atoms with Crippen LogP contribution < -0.4 is 0 Å². The molecule has 1 aromatic rings. The average Bonchev–Trinajstić information content (AvgIpc) is 2.40. The zero-order valence-electron chi connectivity index (χ0n) is 12.8. The second-order valence-electron chi connectivity index (χ2n) is 5.28. The Bertz CT molecular complexity index is 300. The molecule has 0 spiro atoms. The molecule has 0 bridgehead atoms. The van der Waals surface area contributed by atoms with Crippen molar-refractivity contribution in [3.63, 3.8) is 0 Å². The highest BCUT2D eigenvalue weighted by molar-refractivity contribution is 5.85. The molecule has 0 aliphatic rings. The van der Waals surface area contributed by atoms with Crippen LogP contribution in [0.15, 0.2) is 24.3 Å². The Morgan fingerprint density at radius 1 is 0.842 bits per heavy atom. The third-order valence-electron chi connectivity index (χ3n) is 3.49. The summed E-state index contributed by atoms with van der Waals surface area (Å²) in [6.07, 6.45) is 6.45. The summed E-state index contributed by atoms with van der Waals surface area (Å²) >= 11 is 0. The molecule has 1 rings (SSSR count). The first-order valence-corrected chi connectivity index (χ1v) is 7.54. The fraction of sp³-hybridized carbons (Fsp3) is 0.647. The highest BCUT2D eigenvalue weighted by Gasteiger charge is 2.04. The summed E-state index contributed by atoms with van der Waals surface area (Å²) in [5, 5.41) is 0. The van der Waals surface area contributed by atoms with Crippen LogP contribution in [0.4, 0.5) is 0 Å². The normalized spacial score (nSPS) is 10.5. The van der Waals surface area contributed by atoms with Gasteiger partial charge in [0.2, 0.25) is 0 Å². The van der Waals surface area contributed by atoms with Crippen LogP contribution in [0.25, 0.3) is 0 Å². The largest absolute Gasteiger partial charge is 0.303 e. The van der Waals surface area contributed by atoms with E-state index in [4.69, 9.17) is 0 Å². The monoisotopic (exact) mass is 283 g/mol. The van der Waals surface area contributed by atoms with Crippen molar-refractivity contribution >= 4 is 12.4 Å². The quantitative estimate of drug-likeness (QED) is 0.625. The summed E-state index contributed by atoms with van der Waals surface area (Å²) in [6, 6.07) is 8.98. The van der Waals surface area contributed by atoms with Gasteiger partial charge >= 0.3 is 0 Å². The minimum absolute atomic E-state index is 0. The molecule has 0 aliphatic carbocycles. The van der Waals surface area contributed by atoms with Gasteiger partial charge in [0.25, 0.3) is 0 Å². The van der Waals surface area contributed by atoms with E-state index in [9.17, 15) is 0 Å². The second-order valence-corrected chi connectivity index (χ2v) is 5.28. The van der Waals surface area contributed by atoms with E-state index < -0.39 is 0 Å². The van der Waals surface area contributed by atoms with E-state index in [0.29, 0.717) is 0 Å². The Balaban J connectivity index is 0.00000324. The molecule has 0 aliphatic heterocycles. The van der Waals surface area contributed by atoms with Crippen LogP contribution in [0.5, 0.6) is 0 Å². The van der Waals surface area contributed by atoms with Gasteiger partial charge in [-0.25, -0.2) is 0 Å². The van der Waals surface area contributed by atoms with Crippen molar-refractivity contribution < 1.29 is 0 Å². The lowest BCUT2D eigenvalue weighted by molar-refractivity contribution is 0.268. The second kappa shape index (κ2) is 11.3. The Hall–Kier alpha value is -0.530. The van der Waals surface area contributed by atoms with E-state index in [1.54, 1.807) is 0 Å². The predicted molar refractivity (Wildman–Crippen MR) is 88.4 cm³/mol. The minimum Gasteiger partial charge on any atom is -0.303 e. The lowest BCUT2D eigenvalue weighted by Crippen LogP contribution is -2.28. The molecule has 0 fully saturated rings. The summed E-state index contributed by atoms with van der Waals surface area (Å²) in [4.78, 5) is 2.63. The molecule has 0 saturated heterocycles. The van der Waals surface area contributed by atoms with E-state index in [1.165, 1.54) is 62.9 Å². The SMILES string of the molecule is CCCCN(CCCC)CCc1ccc(C)cc1.Cl. The van der Waals surface area contributed by atoms with E-state index in [0.717, 1.165) is 0 Å². The van der Waals surface area contributed by atoms with Gasteiger partial charge in [0.1, 0.15) is 0 Å². The first-order valence-electron chi connectivity index (χ1n) is 7.54. The molecule has 0 aromatic heterocycles. The molecule has 0 amide bonds. The molecule has 0 heterocycles. The standard InChI is InChI=1S/C17H29N.ClH/c1-4-6-13-18(14-7-5-2)15-12-17-10-8-16(3)9-11-17;/h8-11H,4-7,12-15H2,1-3H3;1H. The average molecular weight is 284 g/mol. The van der Waals surface area contributed by atoms with Crippen molar-refractivity contribution in [2.24, 2.45) is 0 Å². The van der Waals surface area contributed by atoms with Gasteiger partial charge in [-0.05, 0) is 44.8 Å². The van der Waals surface area contributed by atoms with E-state index in [1.807, 2.05) is 0 Å². The highest BCUT2D eigenvalue weighted by Crippen LogP contribution is 2.06. The Morgan fingerprint density at radius 2 is 1.37 bits per heavy atom. The molecular weight excluding hydrogens is 254 g/mol. The fourth-order valence-electron chi connectivity index (χ4n) is 2.14. The van der Waals surface area contributed by atoms with Crippen molar-refractivity contribution in [1.29, 1.82) is 0 Å². The van der Waals surface area contributed by atoms with Gasteiger partial charge in [0.15, 0.2) is 0 Å². The molecule has 1 aromatic carbocycles. The van der Waals surface area contributed by atoms with E-state index >= 15 is 0 Å². The molecule has 110 valence electrons. The van der Waals surface area contributed by atoms with Gasteiger partial charge in [0, 0.05) is 6.54 Å². The number of halogens is 1. The third-order valence-corrected chi connectivity index (χ3v) is 3.49. The molecule has 0 atom stereocenters. The number of rotatable bonds is 9. The van der Waals surface area contributed by atoms with E-state index in [-0.39, 0.29) is 12.4 Å². The van der Waals surface area contributed by atoms with Crippen molar-refractivity contribution in [2.75, 3.05) is 19.6 Å². The maximum Gasteiger partial charge on any atom is 0.00218 e. The van der Waals surface area contributed by atoms with Gasteiger partial charge < -0.3 is 4.90 Å². The lowest BCUT2D eigenvalue weighted by atomic mass is 10.1. The maximum atomic E-state index is 2.63. The van der Waals surface area contributed by atoms with Crippen molar-refractivity contribution in [3.05, 3.63) is 35.4 Å². The van der Waals surface area contributed by atoms with Crippen LogP contribution in [0.3, 0.4) is 0 Å². The first-order chi connectivity index (χ1) is 8.76. The number of unbranched alkanes of at least 4 members (excludes halogenated alkanes) is 2. The molecule has 0 unspecified atom stereocenters. The van der Waals surface area contributed by atoms with Crippen LogP contribution in [-0.2, 0) is 6.42 Å². The molecule has 2 heteroatoms. The fourth-order valence-corrected chi connectivity index (χ4v) is 2.14. The Morgan fingerprint density at radius 3 is 1.84 bits per heavy atom. The van der Waals surface area contributed by atoms with Crippen LogP contribution in [0.1, 0.15) is 50.7 Å².